The molecule has 174 valence electrons. The number of carbonyl (C=O) groups is 2. The molecule has 0 N–H and O–H groups in total. The first-order valence-corrected chi connectivity index (χ1v) is 11.5. The van der Waals surface area contributed by atoms with E-state index >= 15 is 0 Å². The van der Waals surface area contributed by atoms with Crippen molar-refractivity contribution in [2.75, 3.05) is 0 Å². The Balaban J connectivity index is 1.97. The van der Waals surface area contributed by atoms with Crippen molar-refractivity contribution in [1.29, 1.82) is 0 Å². The Morgan fingerprint density at radius 1 is 0.939 bits per heavy atom. The van der Waals surface area contributed by atoms with Crippen LogP contribution in [0, 0.1) is 0 Å². The van der Waals surface area contributed by atoms with E-state index in [1.165, 1.54) is 6.08 Å². The summed E-state index contributed by atoms with van der Waals surface area (Å²) in [5.41, 5.74) is -0.915. The maximum Gasteiger partial charge on any atom is 0.648 e. The van der Waals surface area contributed by atoms with E-state index < -0.39 is 31.3 Å². The lowest BCUT2D eigenvalue weighted by Crippen LogP contribution is -2.43. The van der Waals surface area contributed by atoms with Gasteiger partial charge in [0, 0.05) is 0 Å². The minimum Gasteiger partial charge on any atom is -0.454 e. The molecule has 2 aromatic carbocycles. The lowest BCUT2D eigenvalue weighted by atomic mass is 10.2. The third-order valence-electron chi connectivity index (χ3n) is 3.89. The summed E-state index contributed by atoms with van der Waals surface area (Å²) in [4.78, 5) is 26.2. The van der Waals surface area contributed by atoms with Crippen molar-refractivity contribution >= 4 is 19.8 Å². The molecule has 1 aliphatic heterocycles. The number of ether oxygens (including phenoxy) is 2. The van der Waals surface area contributed by atoms with Gasteiger partial charge in [0.1, 0.15) is 17.1 Å². The predicted molar refractivity (Wildman–Crippen MR) is 119 cm³/mol. The lowest BCUT2D eigenvalue weighted by Gasteiger charge is -2.30. The molecule has 1 heterocycles. The van der Waals surface area contributed by atoms with Gasteiger partial charge in [0.2, 0.25) is 0 Å². The fourth-order valence-electron chi connectivity index (χ4n) is 2.55. The first kappa shape index (κ1) is 23.9. The van der Waals surface area contributed by atoms with Crippen molar-refractivity contribution in [3.63, 3.8) is 0 Å². The number of hydrogen-bond acceptors (Lipinski definition) is 8. The topological polar surface area (TPSA) is 101 Å². The van der Waals surface area contributed by atoms with Crippen LogP contribution in [0.1, 0.15) is 27.7 Å². The van der Waals surface area contributed by atoms with Crippen LogP contribution in [-0.2, 0) is 23.4 Å². The molecule has 2 aromatic rings. The number of phosphoric acid groups is 1. The van der Waals surface area contributed by atoms with Crippen LogP contribution in [0.3, 0.4) is 0 Å². The first-order valence-electron chi connectivity index (χ1n) is 10.00. The zero-order valence-electron chi connectivity index (χ0n) is 18.6. The number of imide groups is 1. The van der Waals surface area contributed by atoms with Gasteiger partial charge in [-0.2, -0.15) is 9.46 Å². The average Bonchev–Trinajstić information content (AvgIpc) is 2.74. The highest BCUT2D eigenvalue weighted by Crippen LogP contribution is 2.52. The molecule has 0 atom stereocenters. The number of phosphoric ester groups is 1. The molecule has 0 radical (unpaired) electrons. The van der Waals surface area contributed by atoms with Crippen LogP contribution < -0.4 is 9.05 Å². The minimum atomic E-state index is -4.48. The van der Waals surface area contributed by atoms with Gasteiger partial charge in [-0.1, -0.05) is 36.4 Å². The highest BCUT2D eigenvalue weighted by Gasteiger charge is 2.43. The number of carbonyl (C=O) groups excluding carboxylic acids is 2. The third kappa shape index (κ3) is 6.40. The van der Waals surface area contributed by atoms with Gasteiger partial charge in [-0.3, -0.25) is 4.79 Å². The summed E-state index contributed by atoms with van der Waals surface area (Å²) in [7, 11) is -4.48. The van der Waals surface area contributed by atoms with Gasteiger partial charge >= 0.3 is 19.8 Å². The number of hydrogen-bond donors (Lipinski definition) is 0. The maximum atomic E-state index is 13.7. The second-order valence-electron chi connectivity index (χ2n) is 7.69. The molecule has 0 bridgehead atoms. The van der Waals surface area contributed by atoms with Gasteiger partial charge in [-0.05, 0) is 58.0 Å². The van der Waals surface area contributed by atoms with E-state index in [1.54, 1.807) is 88.4 Å². The molecule has 0 aliphatic carbocycles. The molecular weight excluding hydrogens is 449 g/mol. The molecular formula is C23H24NO8P. The van der Waals surface area contributed by atoms with E-state index in [-0.39, 0.29) is 17.3 Å². The highest BCUT2D eigenvalue weighted by molar-refractivity contribution is 7.49. The second-order valence-corrected chi connectivity index (χ2v) is 9.14. The molecule has 10 heteroatoms. The molecule has 0 saturated carbocycles. The fourth-order valence-corrected chi connectivity index (χ4v) is 3.78. The summed E-state index contributed by atoms with van der Waals surface area (Å²) in [5.74, 6) is -1.17. The van der Waals surface area contributed by atoms with Gasteiger partial charge < -0.3 is 23.0 Å². The zero-order valence-corrected chi connectivity index (χ0v) is 19.5. The number of allylic oxidation sites excluding steroid dienone is 1. The number of para-hydroxylation sites is 2. The van der Waals surface area contributed by atoms with Crippen LogP contribution in [-0.4, -0.2) is 22.5 Å². The van der Waals surface area contributed by atoms with E-state index in [0.29, 0.717) is 4.90 Å². The van der Waals surface area contributed by atoms with Crippen LogP contribution in [0.4, 0.5) is 4.79 Å². The normalized spacial score (nSPS) is 15.4. The van der Waals surface area contributed by atoms with Crippen molar-refractivity contribution in [2.45, 2.75) is 33.3 Å². The molecule has 0 aromatic heterocycles. The Morgan fingerprint density at radius 3 is 1.91 bits per heavy atom. The lowest BCUT2D eigenvalue weighted by molar-refractivity contribution is -0.130. The number of benzene rings is 2. The van der Waals surface area contributed by atoms with Gasteiger partial charge in [0.05, 0.1) is 0 Å². The SMILES string of the molecule is C/C=C1\OC=C(OP(=O)(Oc2ccccc2)Oc2ccccc2)N(C(=O)OC(C)(C)C)C1=O. The second kappa shape index (κ2) is 9.83. The standard InChI is InChI=1S/C23H24NO8P/c1-5-19-21(25)24(22(26)29-23(2,3)4)20(16-28-19)32-33(27,30-17-12-8-6-9-13-17)31-18-14-10-7-11-15-18/h5-16H,1-4H3/b19-5-. The van der Waals surface area contributed by atoms with Crippen molar-refractivity contribution in [1.82, 2.24) is 4.90 Å². The van der Waals surface area contributed by atoms with E-state index in [9.17, 15) is 14.2 Å². The molecule has 1 aliphatic rings. The van der Waals surface area contributed by atoms with Crippen LogP contribution in [0.25, 0.3) is 0 Å². The minimum absolute atomic E-state index is 0.143. The largest absolute Gasteiger partial charge is 0.648 e. The smallest absolute Gasteiger partial charge is 0.454 e. The highest BCUT2D eigenvalue weighted by atomic mass is 31.2. The quantitative estimate of drug-likeness (QED) is 0.385. The molecule has 0 spiro atoms. The summed E-state index contributed by atoms with van der Waals surface area (Å²) in [6.07, 6.45) is 1.27. The fraction of sp³-hybridized carbons (Fsp3) is 0.217. The molecule has 0 unspecified atom stereocenters. The van der Waals surface area contributed by atoms with E-state index in [4.69, 9.17) is 23.0 Å². The summed E-state index contributed by atoms with van der Waals surface area (Å²) in [6, 6.07) is 16.3. The molecule has 0 fully saturated rings. The van der Waals surface area contributed by atoms with Crippen LogP contribution in [0.2, 0.25) is 0 Å². The molecule has 2 amide bonds. The van der Waals surface area contributed by atoms with Crippen LogP contribution in [0.5, 0.6) is 11.5 Å². The Morgan fingerprint density at radius 2 is 1.45 bits per heavy atom. The van der Waals surface area contributed by atoms with Gasteiger partial charge in [-0.15, -0.1) is 0 Å². The monoisotopic (exact) mass is 473 g/mol. The predicted octanol–water partition coefficient (Wildman–Crippen LogP) is 5.77. The summed E-state index contributed by atoms with van der Waals surface area (Å²) in [5, 5.41) is 0. The van der Waals surface area contributed by atoms with Crippen molar-refractivity contribution in [3.8, 4) is 11.5 Å². The first-order chi connectivity index (χ1) is 15.6. The number of nitrogens with zero attached hydrogens (tertiary/aromatic N) is 1. The van der Waals surface area contributed by atoms with Crippen LogP contribution in [0.15, 0.2) is 84.6 Å². The van der Waals surface area contributed by atoms with E-state index in [2.05, 4.69) is 0 Å². The van der Waals surface area contributed by atoms with Crippen molar-refractivity contribution in [2.24, 2.45) is 0 Å². The molecule has 9 nitrogen and oxygen atoms in total. The van der Waals surface area contributed by atoms with Gasteiger partial charge in [-0.25, -0.2) is 4.79 Å². The van der Waals surface area contributed by atoms with Gasteiger partial charge in [0.15, 0.2) is 12.0 Å². The van der Waals surface area contributed by atoms with Gasteiger partial charge in [0.25, 0.3) is 5.88 Å². The zero-order chi connectivity index (χ0) is 24.1. The van der Waals surface area contributed by atoms with E-state index in [1.807, 2.05) is 0 Å². The Labute approximate surface area is 191 Å². The maximum absolute atomic E-state index is 13.7. The Bertz CT molecular complexity index is 1060. The summed E-state index contributed by atoms with van der Waals surface area (Å²) >= 11 is 0. The number of amides is 2. The van der Waals surface area contributed by atoms with Crippen LogP contribution >= 0.6 is 7.82 Å². The number of rotatable bonds is 6. The van der Waals surface area contributed by atoms with E-state index in [0.717, 1.165) is 6.26 Å². The van der Waals surface area contributed by atoms with Crippen molar-refractivity contribution < 1.29 is 37.2 Å². The average molecular weight is 473 g/mol. The molecule has 0 saturated heterocycles. The summed E-state index contributed by atoms with van der Waals surface area (Å²) in [6.45, 7) is 6.47. The molecule has 33 heavy (non-hydrogen) atoms. The Kier molecular flexibility index (Phi) is 7.13. The summed E-state index contributed by atoms with van der Waals surface area (Å²) < 4.78 is 40.8. The third-order valence-corrected chi connectivity index (χ3v) is 5.16. The van der Waals surface area contributed by atoms with Crippen molar-refractivity contribution in [3.05, 3.63) is 84.6 Å². The molecule has 3 rings (SSSR count). The Hall–Kier alpha value is -3.71.